The third kappa shape index (κ3) is 1.47. The first kappa shape index (κ1) is 9.44. The minimum absolute atomic E-state index is 0.488. The van der Waals surface area contributed by atoms with Crippen LogP contribution >= 0.6 is 11.6 Å². The number of benzene rings is 1. The molecule has 0 atom stereocenters. The summed E-state index contributed by atoms with van der Waals surface area (Å²) in [6.07, 6.45) is 0. The molecule has 2 N–H and O–H groups in total. The Hall–Kier alpha value is -1.12. The molecule has 0 fully saturated rings. The van der Waals surface area contributed by atoms with E-state index in [9.17, 15) is 0 Å². The summed E-state index contributed by atoms with van der Waals surface area (Å²) >= 11 is 6.08. The van der Waals surface area contributed by atoms with E-state index in [2.05, 4.69) is 4.98 Å². The Kier molecular flexibility index (Phi) is 2.40. The minimum atomic E-state index is 0.488. The molecule has 0 aliphatic rings. The number of hydrogen-bond acceptors (Lipinski definition) is 2. The predicted molar refractivity (Wildman–Crippen MR) is 59.4 cm³/mol. The lowest BCUT2D eigenvalue weighted by atomic mass is 10.1. The van der Waals surface area contributed by atoms with E-state index in [0.29, 0.717) is 11.7 Å². The average molecular weight is 207 g/mol. The highest BCUT2D eigenvalue weighted by Gasteiger charge is 2.05. The molecule has 14 heavy (non-hydrogen) atoms. The predicted octanol–water partition coefficient (Wildman–Crippen LogP) is 2.66. The molecule has 0 saturated heterocycles. The maximum absolute atomic E-state index is 6.08. The van der Waals surface area contributed by atoms with Crippen LogP contribution in [-0.2, 0) is 6.54 Å². The van der Waals surface area contributed by atoms with Crippen molar-refractivity contribution in [2.45, 2.75) is 13.5 Å². The summed E-state index contributed by atoms with van der Waals surface area (Å²) in [5.74, 6) is 0. The lowest BCUT2D eigenvalue weighted by Gasteiger charge is -2.06. The van der Waals surface area contributed by atoms with Crippen molar-refractivity contribution in [2.75, 3.05) is 0 Å². The van der Waals surface area contributed by atoms with Gasteiger partial charge < -0.3 is 5.73 Å². The molecule has 3 heteroatoms. The van der Waals surface area contributed by atoms with Gasteiger partial charge in [-0.15, -0.1) is 0 Å². The van der Waals surface area contributed by atoms with Crippen molar-refractivity contribution in [3.05, 3.63) is 40.7 Å². The van der Waals surface area contributed by atoms with Crippen molar-refractivity contribution in [1.29, 1.82) is 0 Å². The van der Waals surface area contributed by atoms with Crippen molar-refractivity contribution < 1.29 is 0 Å². The molecule has 0 aliphatic heterocycles. The number of fused-ring (bicyclic) bond motifs is 1. The molecule has 0 bridgehead atoms. The SMILES string of the molecule is Cc1cc2cccc(CN)c2c(Cl)n1. The first-order chi connectivity index (χ1) is 6.72. The number of nitrogens with two attached hydrogens (primary N) is 1. The molecule has 2 nitrogen and oxygen atoms in total. The van der Waals surface area contributed by atoms with E-state index < -0.39 is 0 Å². The number of aromatic nitrogens is 1. The van der Waals surface area contributed by atoms with E-state index in [4.69, 9.17) is 17.3 Å². The monoisotopic (exact) mass is 206 g/mol. The fraction of sp³-hybridized carbons (Fsp3) is 0.182. The van der Waals surface area contributed by atoms with E-state index in [-0.39, 0.29) is 0 Å². The standard InChI is InChI=1S/C11H11ClN2/c1-7-5-8-3-2-4-9(6-13)10(8)11(12)14-7/h2-5H,6,13H2,1H3. The molecule has 1 aromatic carbocycles. The number of aryl methyl sites for hydroxylation is 1. The zero-order valence-corrected chi connectivity index (χ0v) is 8.67. The van der Waals surface area contributed by atoms with Gasteiger partial charge in [0.25, 0.3) is 0 Å². The highest BCUT2D eigenvalue weighted by atomic mass is 35.5. The molecule has 0 radical (unpaired) electrons. The van der Waals surface area contributed by atoms with Crippen LogP contribution in [-0.4, -0.2) is 4.98 Å². The molecule has 0 amide bonds. The van der Waals surface area contributed by atoms with Crippen LogP contribution in [0.15, 0.2) is 24.3 Å². The topological polar surface area (TPSA) is 38.9 Å². The van der Waals surface area contributed by atoms with Crippen LogP contribution in [0.2, 0.25) is 5.15 Å². The van der Waals surface area contributed by atoms with Gasteiger partial charge in [0.1, 0.15) is 5.15 Å². The zero-order valence-electron chi connectivity index (χ0n) is 7.92. The quantitative estimate of drug-likeness (QED) is 0.729. The molecule has 0 unspecified atom stereocenters. The third-order valence-electron chi connectivity index (χ3n) is 2.25. The molecule has 1 heterocycles. The van der Waals surface area contributed by atoms with Crippen molar-refractivity contribution in [3.8, 4) is 0 Å². The molecule has 2 rings (SSSR count). The maximum Gasteiger partial charge on any atom is 0.137 e. The zero-order chi connectivity index (χ0) is 10.1. The van der Waals surface area contributed by atoms with Crippen molar-refractivity contribution in [2.24, 2.45) is 5.73 Å². The highest BCUT2D eigenvalue weighted by molar-refractivity contribution is 6.34. The van der Waals surface area contributed by atoms with Gasteiger partial charge in [-0.2, -0.15) is 0 Å². The highest BCUT2D eigenvalue weighted by Crippen LogP contribution is 2.25. The summed E-state index contributed by atoms with van der Waals surface area (Å²) in [5, 5.41) is 2.62. The van der Waals surface area contributed by atoms with E-state index in [1.165, 1.54) is 0 Å². The van der Waals surface area contributed by atoms with Crippen LogP contribution in [0.4, 0.5) is 0 Å². The smallest absolute Gasteiger partial charge is 0.137 e. The van der Waals surface area contributed by atoms with Crippen molar-refractivity contribution in [1.82, 2.24) is 4.98 Å². The fourth-order valence-electron chi connectivity index (χ4n) is 1.63. The Labute approximate surface area is 87.7 Å². The van der Waals surface area contributed by atoms with Crippen LogP contribution in [0.5, 0.6) is 0 Å². The fourth-order valence-corrected chi connectivity index (χ4v) is 1.99. The van der Waals surface area contributed by atoms with Crippen LogP contribution < -0.4 is 5.73 Å². The second-order valence-electron chi connectivity index (χ2n) is 3.27. The Bertz CT molecular complexity index is 480. The molecule has 0 saturated carbocycles. The first-order valence-corrected chi connectivity index (χ1v) is 4.85. The molecule has 0 aliphatic carbocycles. The molecule has 0 spiro atoms. The Morgan fingerprint density at radius 2 is 2.21 bits per heavy atom. The maximum atomic E-state index is 6.08. The van der Waals surface area contributed by atoms with Gasteiger partial charge in [-0.25, -0.2) is 4.98 Å². The molecule has 72 valence electrons. The second-order valence-corrected chi connectivity index (χ2v) is 3.63. The van der Waals surface area contributed by atoms with Gasteiger partial charge in [0.05, 0.1) is 0 Å². The van der Waals surface area contributed by atoms with E-state index in [0.717, 1.165) is 22.0 Å². The van der Waals surface area contributed by atoms with Gasteiger partial charge in [-0.05, 0) is 23.9 Å². The molecule has 2 aromatic rings. The largest absolute Gasteiger partial charge is 0.326 e. The van der Waals surface area contributed by atoms with Crippen LogP contribution in [0.3, 0.4) is 0 Å². The number of halogens is 1. The summed E-state index contributed by atoms with van der Waals surface area (Å²) in [7, 11) is 0. The van der Waals surface area contributed by atoms with Crippen LogP contribution in [0.25, 0.3) is 10.8 Å². The van der Waals surface area contributed by atoms with Gasteiger partial charge in [-0.1, -0.05) is 29.8 Å². The summed E-state index contributed by atoms with van der Waals surface area (Å²) < 4.78 is 0. The Balaban J connectivity index is 2.87. The summed E-state index contributed by atoms with van der Waals surface area (Å²) in [5.41, 5.74) is 7.61. The molecular weight excluding hydrogens is 196 g/mol. The summed E-state index contributed by atoms with van der Waals surface area (Å²) in [6, 6.07) is 8.00. The van der Waals surface area contributed by atoms with Gasteiger partial charge in [-0.3, -0.25) is 0 Å². The van der Waals surface area contributed by atoms with E-state index in [1.807, 2.05) is 31.2 Å². The summed E-state index contributed by atoms with van der Waals surface area (Å²) in [4.78, 5) is 4.22. The number of rotatable bonds is 1. The van der Waals surface area contributed by atoms with Crippen LogP contribution in [0, 0.1) is 6.92 Å². The number of pyridine rings is 1. The van der Waals surface area contributed by atoms with E-state index in [1.54, 1.807) is 0 Å². The number of hydrogen-bond donors (Lipinski definition) is 1. The van der Waals surface area contributed by atoms with E-state index >= 15 is 0 Å². The van der Waals surface area contributed by atoms with Crippen molar-refractivity contribution in [3.63, 3.8) is 0 Å². The van der Waals surface area contributed by atoms with Crippen molar-refractivity contribution >= 4 is 22.4 Å². The average Bonchev–Trinajstić information content (AvgIpc) is 2.16. The van der Waals surface area contributed by atoms with Gasteiger partial charge in [0.15, 0.2) is 0 Å². The Morgan fingerprint density at radius 1 is 1.43 bits per heavy atom. The lowest BCUT2D eigenvalue weighted by molar-refractivity contribution is 1.08. The lowest BCUT2D eigenvalue weighted by Crippen LogP contribution is -1.98. The summed E-state index contributed by atoms with van der Waals surface area (Å²) in [6.45, 7) is 2.42. The molecule has 1 aromatic heterocycles. The van der Waals surface area contributed by atoms with Gasteiger partial charge >= 0.3 is 0 Å². The third-order valence-corrected chi connectivity index (χ3v) is 2.52. The van der Waals surface area contributed by atoms with Gasteiger partial charge in [0.2, 0.25) is 0 Å². The normalized spacial score (nSPS) is 10.8. The number of nitrogens with zero attached hydrogens (tertiary/aromatic N) is 1. The van der Waals surface area contributed by atoms with Gasteiger partial charge in [0, 0.05) is 17.6 Å². The second kappa shape index (κ2) is 3.56. The van der Waals surface area contributed by atoms with Crippen LogP contribution in [0.1, 0.15) is 11.3 Å². The Morgan fingerprint density at radius 3 is 2.93 bits per heavy atom. The minimum Gasteiger partial charge on any atom is -0.326 e. The molecular formula is C11H11ClN2. The first-order valence-electron chi connectivity index (χ1n) is 4.47.